The van der Waals surface area contributed by atoms with Crippen molar-refractivity contribution in [3.05, 3.63) is 0 Å². The molecule has 1 N–H and O–H groups in total. The molecule has 406 valence electrons. The number of hydrogen-bond donors (Lipinski definition) is 1. The molecule has 1 fully saturated rings. The lowest BCUT2D eigenvalue weighted by Gasteiger charge is -2.43. The van der Waals surface area contributed by atoms with Crippen LogP contribution in [0.5, 0.6) is 0 Å². The van der Waals surface area contributed by atoms with Gasteiger partial charge in [0, 0.05) is 26.7 Å². The molecule has 69 heavy (non-hydrogen) atoms. The van der Waals surface area contributed by atoms with Crippen molar-refractivity contribution >= 4 is 35.1 Å². The number of esters is 3. The Hall–Kier alpha value is -1.78. The Labute approximate surface area is 431 Å². The van der Waals surface area contributed by atoms with Crippen molar-refractivity contribution in [2.24, 2.45) is 17.8 Å². The first-order chi connectivity index (χ1) is 33.4. The third kappa shape index (κ3) is 35.9. The zero-order valence-electron chi connectivity index (χ0n) is 46.4. The zero-order chi connectivity index (χ0) is 50.7. The number of carbonyl (C=O) groups is 3. The van der Waals surface area contributed by atoms with Crippen molar-refractivity contribution < 1.29 is 38.1 Å². The van der Waals surface area contributed by atoms with Crippen LogP contribution in [-0.2, 0) is 38.1 Å². The molecule has 1 rings (SSSR count). The van der Waals surface area contributed by atoms with Crippen LogP contribution in [0.4, 0.5) is 0 Å². The van der Waals surface area contributed by atoms with E-state index in [2.05, 4.69) is 39.9 Å². The van der Waals surface area contributed by atoms with E-state index in [-0.39, 0.29) is 43.0 Å². The molecule has 0 radical (unpaired) electrons. The van der Waals surface area contributed by atoms with Crippen molar-refractivity contribution in [2.45, 2.75) is 324 Å². The first kappa shape index (κ1) is 65.2. The van der Waals surface area contributed by atoms with Crippen molar-refractivity contribution in [3.8, 4) is 0 Å². The Morgan fingerprint density at radius 3 is 1.25 bits per heavy atom. The van der Waals surface area contributed by atoms with Crippen LogP contribution in [0.3, 0.4) is 0 Å². The predicted molar refractivity (Wildman–Crippen MR) is 292 cm³/mol. The van der Waals surface area contributed by atoms with Crippen LogP contribution >= 0.6 is 12.2 Å². The van der Waals surface area contributed by atoms with E-state index >= 15 is 0 Å². The summed E-state index contributed by atoms with van der Waals surface area (Å²) in [6, 6.07) is -0.579. The van der Waals surface area contributed by atoms with E-state index in [0.29, 0.717) is 17.8 Å². The molecule has 8 atom stereocenters. The summed E-state index contributed by atoms with van der Waals surface area (Å²) in [5.74, 6) is -0.773. The van der Waals surface area contributed by atoms with Gasteiger partial charge in [-0.2, -0.15) is 0 Å². The van der Waals surface area contributed by atoms with E-state index in [9.17, 15) is 14.4 Å². The second-order valence-electron chi connectivity index (χ2n) is 21.4. The van der Waals surface area contributed by atoms with Gasteiger partial charge in [-0.3, -0.25) is 14.4 Å². The lowest BCUT2D eigenvalue weighted by molar-refractivity contribution is -0.259. The molecule has 0 aromatic rings. The van der Waals surface area contributed by atoms with Crippen LogP contribution in [-0.4, -0.2) is 66.8 Å². The normalized spacial score (nSPS) is 19.4. The Morgan fingerprint density at radius 1 is 0.493 bits per heavy atom. The predicted octanol–water partition coefficient (Wildman–Crippen LogP) is 16.8. The largest absolute Gasteiger partial charge is 0.463 e. The lowest BCUT2D eigenvalue weighted by Crippen LogP contribution is -2.55. The minimum Gasteiger partial charge on any atom is -0.463 e. The highest BCUT2D eigenvalue weighted by atomic mass is 32.1. The standard InChI is InChI=1S/C59H111NO8S/c1-9-11-13-15-17-19-21-23-24-25-26-27-28-29-30-31-32-33-35-37-39-41-43-45-57(69)60-54(46-65-59-50(5)48(3)49(4)56(68-59)47-64-51(6)61)58(67-53(8)63)55(66-52(7)62)44-42-40-38-36-34-22-20-18-16-14-12-10-2/h48-50,54-56,58-59H,9-47H2,1-8H3,(H,60,69)/t48?,49?,50?,54-,55+,56?,58-,59?/m0/s1. The highest BCUT2D eigenvalue weighted by Gasteiger charge is 2.42. The van der Waals surface area contributed by atoms with Crippen molar-refractivity contribution in [2.75, 3.05) is 13.2 Å². The Morgan fingerprint density at radius 2 is 0.870 bits per heavy atom. The molecule has 1 aliphatic heterocycles. The summed E-state index contributed by atoms with van der Waals surface area (Å²) in [6.07, 6.45) is 44.7. The molecular weight excluding hydrogens is 883 g/mol. The summed E-state index contributed by atoms with van der Waals surface area (Å²) in [5.41, 5.74) is 0. The maximum absolute atomic E-state index is 12.8. The Bertz CT molecular complexity index is 1250. The molecule has 0 aromatic heterocycles. The fourth-order valence-corrected chi connectivity index (χ4v) is 10.4. The first-order valence-electron chi connectivity index (χ1n) is 29.4. The summed E-state index contributed by atoms with van der Waals surface area (Å²) in [4.78, 5) is 37.7. The van der Waals surface area contributed by atoms with E-state index in [1.807, 2.05) is 0 Å². The van der Waals surface area contributed by atoms with Gasteiger partial charge in [0.05, 0.1) is 23.7 Å². The van der Waals surface area contributed by atoms with Crippen LogP contribution in [0.15, 0.2) is 0 Å². The molecule has 9 nitrogen and oxygen atoms in total. The van der Waals surface area contributed by atoms with Gasteiger partial charge < -0.3 is 29.0 Å². The van der Waals surface area contributed by atoms with Crippen LogP contribution in [0, 0.1) is 17.8 Å². The van der Waals surface area contributed by atoms with Gasteiger partial charge in [-0.15, -0.1) is 0 Å². The number of unbranched alkanes of at least 4 members (excludes halogenated alkanes) is 33. The fraction of sp³-hybridized carbons (Fsp3) is 0.932. The van der Waals surface area contributed by atoms with E-state index in [4.69, 9.17) is 35.9 Å². The number of hydrogen-bond acceptors (Lipinski definition) is 9. The minimum absolute atomic E-state index is 0.0487. The van der Waals surface area contributed by atoms with Gasteiger partial charge in [0.1, 0.15) is 12.7 Å². The second-order valence-corrected chi connectivity index (χ2v) is 21.9. The van der Waals surface area contributed by atoms with Crippen molar-refractivity contribution in [1.29, 1.82) is 0 Å². The number of rotatable bonds is 47. The number of ether oxygens (including phenoxy) is 5. The van der Waals surface area contributed by atoms with Crippen LogP contribution in [0.25, 0.3) is 0 Å². The maximum Gasteiger partial charge on any atom is 0.303 e. The van der Waals surface area contributed by atoms with Gasteiger partial charge in [-0.1, -0.05) is 259 Å². The molecule has 5 unspecified atom stereocenters. The smallest absolute Gasteiger partial charge is 0.303 e. The second kappa shape index (κ2) is 44.9. The molecular formula is C59H111NO8S. The maximum atomic E-state index is 12.8. The highest BCUT2D eigenvalue weighted by Crippen LogP contribution is 2.36. The van der Waals surface area contributed by atoms with Gasteiger partial charge in [0.2, 0.25) is 0 Å². The van der Waals surface area contributed by atoms with Gasteiger partial charge in [-0.25, -0.2) is 0 Å². The minimum atomic E-state index is -0.821. The van der Waals surface area contributed by atoms with E-state index in [1.54, 1.807) is 0 Å². The fourth-order valence-electron chi connectivity index (χ4n) is 10.1. The summed E-state index contributed by atoms with van der Waals surface area (Å²) >= 11 is 5.97. The number of nitrogens with one attached hydrogen (secondary N) is 1. The molecule has 0 aromatic carbocycles. The topological polar surface area (TPSA) is 109 Å². The van der Waals surface area contributed by atoms with E-state index in [0.717, 1.165) is 32.1 Å². The zero-order valence-corrected chi connectivity index (χ0v) is 47.2. The summed E-state index contributed by atoms with van der Waals surface area (Å²) < 4.78 is 30.4. The lowest BCUT2D eigenvalue weighted by atomic mass is 9.79. The molecule has 1 heterocycles. The number of thiocarbonyl (C=S) groups is 1. The van der Waals surface area contributed by atoms with Crippen LogP contribution < -0.4 is 5.32 Å². The first-order valence-corrected chi connectivity index (χ1v) is 29.9. The third-order valence-electron chi connectivity index (χ3n) is 15.0. The molecule has 10 heteroatoms. The molecule has 0 amide bonds. The highest BCUT2D eigenvalue weighted by molar-refractivity contribution is 7.80. The van der Waals surface area contributed by atoms with Gasteiger partial charge >= 0.3 is 17.9 Å². The summed E-state index contributed by atoms with van der Waals surface area (Å²) in [6.45, 7) is 15.4. The average Bonchev–Trinajstić information content (AvgIpc) is 3.31. The molecule has 0 saturated carbocycles. The van der Waals surface area contributed by atoms with Gasteiger partial charge in [-0.05, 0) is 37.5 Å². The molecule has 0 aliphatic carbocycles. The Kier molecular flexibility index (Phi) is 42.4. The molecule has 1 saturated heterocycles. The molecule has 1 aliphatic rings. The van der Waals surface area contributed by atoms with Gasteiger partial charge in [0.15, 0.2) is 12.4 Å². The Balaban J connectivity index is 2.66. The van der Waals surface area contributed by atoms with E-state index in [1.165, 1.54) is 213 Å². The number of carbonyl (C=O) groups excluding carboxylic acids is 3. The summed E-state index contributed by atoms with van der Waals surface area (Å²) in [7, 11) is 0. The van der Waals surface area contributed by atoms with Crippen molar-refractivity contribution in [3.63, 3.8) is 0 Å². The quantitative estimate of drug-likeness (QED) is 0.0274. The molecule has 0 bridgehead atoms. The monoisotopic (exact) mass is 994 g/mol. The van der Waals surface area contributed by atoms with Crippen LogP contribution in [0.1, 0.15) is 293 Å². The summed E-state index contributed by atoms with van der Waals surface area (Å²) in [5, 5.41) is 3.53. The third-order valence-corrected chi connectivity index (χ3v) is 15.3. The van der Waals surface area contributed by atoms with E-state index < -0.39 is 36.5 Å². The van der Waals surface area contributed by atoms with Crippen LogP contribution in [0.2, 0.25) is 0 Å². The molecule has 0 spiro atoms. The SMILES string of the molecule is CCCCCCCCCCCCCCCCCCCCCCCCCC(=S)N[C@@H](COC1OC(COC(C)=O)C(C)C(C)C1C)[C@H](OC(C)=O)[C@@H](CCCCCCCCCCCCCC)OC(C)=O. The van der Waals surface area contributed by atoms with Gasteiger partial charge in [0.25, 0.3) is 0 Å². The average molecular weight is 995 g/mol. The van der Waals surface area contributed by atoms with Crippen molar-refractivity contribution in [1.82, 2.24) is 5.32 Å².